The van der Waals surface area contributed by atoms with E-state index in [1.807, 2.05) is 27.7 Å². The highest BCUT2D eigenvalue weighted by Gasteiger charge is 2.52. The van der Waals surface area contributed by atoms with E-state index < -0.39 is 36.2 Å². The third kappa shape index (κ3) is 4.65. The molecule has 0 spiro atoms. The Balaban J connectivity index is 1.96. The van der Waals surface area contributed by atoms with Crippen LogP contribution in [0.25, 0.3) is 0 Å². The summed E-state index contributed by atoms with van der Waals surface area (Å²) in [6, 6.07) is 15.5. The zero-order valence-electron chi connectivity index (χ0n) is 23.2. The second-order valence-electron chi connectivity index (χ2n) is 10.4. The van der Waals surface area contributed by atoms with Crippen LogP contribution in [0, 0.1) is 11.3 Å². The van der Waals surface area contributed by atoms with Gasteiger partial charge in [0.2, 0.25) is 0 Å². The van der Waals surface area contributed by atoms with E-state index in [0.29, 0.717) is 17.3 Å². The smallest absolute Gasteiger partial charge is 0.466 e. The van der Waals surface area contributed by atoms with Crippen LogP contribution in [0.2, 0.25) is 0 Å². The third-order valence-electron chi connectivity index (χ3n) is 7.56. The van der Waals surface area contributed by atoms with Crippen molar-refractivity contribution < 1.29 is 33.2 Å². The number of carbonyl (C=O) groups is 3. The number of aldehydes is 1. The molecule has 1 atom stereocenters. The Bertz CT molecular complexity index is 1460. The minimum atomic E-state index is -1.02. The van der Waals surface area contributed by atoms with Crippen molar-refractivity contribution in [1.29, 1.82) is 5.26 Å². The maximum absolute atomic E-state index is 13.3. The average molecular weight is 543 g/mol. The minimum Gasteiger partial charge on any atom is -0.466 e. The van der Waals surface area contributed by atoms with Crippen LogP contribution in [0.1, 0.15) is 49.5 Å². The molecule has 0 bridgehead atoms. The minimum absolute atomic E-state index is 0.00821. The van der Waals surface area contributed by atoms with Gasteiger partial charge in [-0.2, -0.15) is 5.26 Å². The normalized spacial score (nSPS) is 19.8. The molecule has 2 aliphatic rings. The summed E-state index contributed by atoms with van der Waals surface area (Å²) < 4.78 is 22.4. The predicted molar refractivity (Wildman–Crippen MR) is 147 cm³/mol. The van der Waals surface area contributed by atoms with Gasteiger partial charge in [-0.3, -0.25) is 9.69 Å². The predicted octanol–water partition coefficient (Wildman–Crippen LogP) is 2.70. The second-order valence-corrected chi connectivity index (χ2v) is 10.4. The highest BCUT2D eigenvalue weighted by molar-refractivity contribution is 6.62. The van der Waals surface area contributed by atoms with Crippen LogP contribution in [0.3, 0.4) is 0 Å². The zero-order chi connectivity index (χ0) is 29.4. The summed E-state index contributed by atoms with van der Waals surface area (Å²) in [6.45, 7) is 7.65. The van der Waals surface area contributed by atoms with E-state index in [1.54, 1.807) is 48.5 Å². The number of hydrogen-bond donors (Lipinski definition) is 1. The number of hydrogen-bond acceptors (Lipinski definition) is 10. The van der Waals surface area contributed by atoms with Gasteiger partial charge in [0, 0.05) is 5.56 Å². The Kier molecular flexibility index (Phi) is 7.61. The van der Waals surface area contributed by atoms with E-state index in [4.69, 9.17) is 24.5 Å². The summed E-state index contributed by atoms with van der Waals surface area (Å²) in [6.07, 6.45) is 0.583. The standard InChI is InChI=1S/C29H30BN3O7/c1-28(2)29(3,4)40-30(39-28)19-12-13-21(18(14-19)16-34)33-24(27(36)38-6)23(26(35)37-5)22(20(15-31)25(33)32)17-10-8-7-9-11-17/h7-14,16,22H,32H2,1-6H3. The summed E-state index contributed by atoms with van der Waals surface area (Å²) in [4.78, 5) is 40.1. The molecule has 2 N–H and O–H groups in total. The Morgan fingerprint density at radius 1 is 1.02 bits per heavy atom. The van der Waals surface area contributed by atoms with Gasteiger partial charge in [0.25, 0.3) is 0 Å². The van der Waals surface area contributed by atoms with Crippen molar-refractivity contribution in [3.05, 3.63) is 82.3 Å². The van der Waals surface area contributed by atoms with E-state index in [-0.39, 0.29) is 33.9 Å². The quantitative estimate of drug-likeness (QED) is 0.328. The number of nitriles is 1. The van der Waals surface area contributed by atoms with E-state index in [1.165, 1.54) is 12.0 Å². The van der Waals surface area contributed by atoms with Gasteiger partial charge in [0.15, 0.2) is 6.29 Å². The molecule has 11 heteroatoms. The number of nitrogens with zero attached hydrogens (tertiary/aromatic N) is 2. The molecule has 2 heterocycles. The van der Waals surface area contributed by atoms with Crippen molar-refractivity contribution in [2.24, 2.45) is 5.73 Å². The number of allylic oxidation sites excluding steroid dienone is 1. The van der Waals surface area contributed by atoms with E-state index in [9.17, 15) is 19.6 Å². The molecule has 1 fully saturated rings. The van der Waals surface area contributed by atoms with Crippen LogP contribution < -0.4 is 16.1 Å². The van der Waals surface area contributed by atoms with Crippen LogP contribution in [0.15, 0.2) is 71.2 Å². The molecule has 2 aromatic carbocycles. The Hall–Kier alpha value is -4.40. The number of methoxy groups -OCH3 is 2. The highest BCUT2D eigenvalue weighted by atomic mass is 16.7. The fraction of sp³-hybridized carbons (Fsp3) is 0.310. The SMILES string of the molecule is COC(=O)C1=C(C(=O)OC)N(c2ccc(B3OC(C)(C)C(C)(C)O3)cc2C=O)C(N)=C(C#N)C1c1ccccc1. The number of ether oxygens (including phenoxy) is 2. The van der Waals surface area contributed by atoms with Crippen LogP contribution in [-0.2, 0) is 28.4 Å². The second kappa shape index (κ2) is 10.6. The van der Waals surface area contributed by atoms with Crippen LogP contribution >= 0.6 is 0 Å². The van der Waals surface area contributed by atoms with Crippen LogP contribution in [0.5, 0.6) is 0 Å². The highest BCUT2D eigenvalue weighted by Crippen LogP contribution is 2.44. The summed E-state index contributed by atoms with van der Waals surface area (Å²) >= 11 is 0. The first-order valence-electron chi connectivity index (χ1n) is 12.5. The van der Waals surface area contributed by atoms with Crippen molar-refractivity contribution in [2.75, 3.05) is 19.1 Å². The van der Waals surface area contributed by atoms with Crippen LogP contribution in [0.4, 0.5) is 5.69 Å². The maximum atomic E-state index is 13.3. The monoisotopic (exact) mass is 543 g/mol. The van der Waals surface area contributed by atoms with E-state index in [2.05, 4.69) is 6.07 Å². The van der Waals surface area contributed by atoms with E-state index >= 15 is 0 Å². The average Bonchev–Trinajstić information content (AvgIpc) is 3.17. The summed E-state index contributed by atoms with van der Waals surface area (Å²) in [7, 11) is 1.56. The lowest BCUT2D eigenvalue weighted by atomic mass is 9.77. The van der Waals surface area contributed by atoms with Gasteiger partial charge in [-0.25, -0.2) is 9.59 Å². The number of nitrogens with two attached hydrogens (primary N) is 1. The van der Waals surface area contributed by atoms with Crippen molar-refractivity contribution >= 4 is 36.5 Å². The molecule has 0 saturated carbocycles. The summed E-state index contributed by atoms with van der Waals surface area (Å²) in [5, 5.41) is 10.2. The molecular formula is C29H30BN3O7. The van der Waals surface area contributed by atoms with Gasteiger partial charge < -0.3 is 24.5 Å². The summed E-state index contributed by atoms with van der Waals surface area (Å²) in [5.41, 5.74) is 6.26. The molecule has 0 aliphatic carbocycles. The maximum Gasteiger partial charge on any atom is 0.494 e. The Morgan fingerprint density at radius 3 is 2.15 bits per heavy atom. The number of carbonyl (C=O) groups excluding carboxylic acids is 3. The van der Waals surface area contributed by atoms with Gasteiger partial charge in [-0.05, 0) is 50.9 Å². The number of esters is 2. The molecule has 0 aromatic heterocycles. The van der Waals surface area contributed by atoms with Crippen molar-refractivity contribution in [1.82, 2.24) is 0 Å². The number of anilines is 1. The molecular weight excluding hydrogens is 513 g/mol. The first-order chi connectivity index (χ1) is 18.9. The third-order valence-corrected chi connectivity index (χ3v) is 7.56. The van der Waals surface area contributed by atoms with Gasteiger partial charge in [-0.1, -0.05) is 36.4 Å². The number of rotatable bonds is 6. The molecule has 0 radical (unpaired) electrons. The molecule has 0 amide bonds. The van der Waals surface area contributed by atoms with Crippen molar-refractivity contribution in [2.45, 2.75) is 44.8 Å². The van der Waals surface area contributed by atoms with Gasteiger partial charge in [-0.15, -0.1) is 0 Å². The van der Waals surface area contributed by atoms with Gasteiger partial charge in [0.1, 0.15) is 11.5 Å². The molecule has 206 valence electrons. The molecule has 1 unspecified atom stereocenters. The summed E-state index contributed by atoms with van der Waals surface area (Å²) in [5.74, 6) is -2.93. The largest absolute Gasteiger partial charge is 0.494 e. The first kappa shape index (κ1) is 28.6. The van der Waals surface area contributed by atoms with Gasteiger partial charge >= 0.3 is 19.1 Å². The fourth-order valence-electron chi connectivity index (χ4n) is 4.76. The van der Waals surface area contributed by atoms with Gasteiger partial charge in [0.05, 0.1) is 54.2 Å². The first-order valence-corrected chi connectivity index (χ1v) is 12.5. The lowest BCUT2D eigenvalue weighted by Gasteiger charge is -2.36. The lowest BCUT2D eigenvalue weighted by Crippen LogP contribution is -2.41. The zero-order valence-corrected chi connectivity index (χ0v) is 23.2. The lowest BCUT2D eigenvalue weighted by molar-refractivity contribution is -0.139. The van der Waals surface area contributed by atoms with Crippen LogP contribution in [-0.4, -0.2) is 50.8 Å². The molecule has 40 heavy (non-hydrogen) atoms. The molecule has 4 rings (SSSR count). The van der Waals surface area contributed by atoms with E-state index in [0.717, 1.165) is 7.11 Å². The molecule has 10 nitrogen and oxygen atoms in total. The molecule has 2 aliphatic heterocycles. The van der Waals surface area contributed by atoms with Crippen molar-refractivity contribution in [3.63, 3.8) is 0 Å². The fourth-order valence-corrected chi connectivity index (χ4v) is 4.76. The van der Waals surface area contributed by atoms with Crippen molar-refractivity contribution in [3.8, 4) is 6.07 Å². The Labute approximate surface area is 233 Å². The molecule has 1 saturated heterocycles. The molecule has 2 aromatic rings. The topological polar surface area (TPSA) is 141 Å². The number of benzene rings is 2. The Morgan fingerprint density at radius 2 is 1.62 bits per heavy atom.